The molecule has 132 valence electrons. The zero-order valence-corrected chi connectivity index (χ0v) is 15.4. The summed E-state index contributed by atoms with van der Waals surface area (Å²) in [5.41, 5.74) is 2.29. The second-order valence-corrected chi connectivity index (χ2v) is 6.47. The van der Waals surface area contributed by atoms with E-state index in [9.17, 15) is 4.79 Å². The molecule has 0 aliphatic carbocycles. The van der Waals surface area contributed by atoms with Crippen LogP contribution in [-0.4, -0.2) is 60.7 Å². The number of nitrogens with one attached hydrogen (secondary N) is 1. The second kappa shape index (κ2) is 9.59. The molecule has 1 aromatic carbocycles. The van der Waals surface area contributed by atoms with E-state index in [1.54, 1.807) is 4.90 Å². The molecule has 1 N–H and O–H groups in total. The minimum Gasteiger partial charge on any atom is -0.378 e. The zero-order valence-electron chi connectivity index (χ0n) is 14.6. The molecule has 24 heavy (non-hydrogen) atoms. The zero-order chi connectivity index (χ0) is 17.4. The van der Waals surface area contributed by atoms with Crippen molar-refractivity contribution in [1.82, 2.24) is 9.80 Å². The highest BCUT2D eigenvalue weighted by Gasteiger charge is 2.19. The second-order valence-electron chi connectivity index (χ2n) is 6.08. The van der Waals surface area contributed by atoms with Crippen LogP contribution in [0.3, 0.4) is 0 Å². The number of unbranched alkanes of at least 4 members (excludes halogenated alkanes) is 1. The predicted molar refractivity (Wildman–Crippen MR) is 101 cm³/mol. The van der Waals surface area contributed by atoms with Crippen molar-refractivity contribution in [2.75, 3.05) is 45.2 Å². The minimum absolute atomic E-state index is 0.0832. The Bertz CT molecular complexity index is 542. The molecule has 1 fully saturated rings. The Balaban J connectivity index is 1.81. The van der Waals surface area contributed by atoms with Crippen LogP contribution in [0.4, 0.5) is 5.69 Å². The lowest BCUT2D eigenvalue weighted by molar-refractivity contribution is -0.135. The molecule has 1 heterocycles. The molecule has 0 radical (unpaired) electrons. The van der Waals surface area contributed by atoms with E-state index in [0.29, 0.717) is 31.4 Å². The fourth-order valence-electron chi connectivity index (χ4n) is 2.54. The smallest absolute Gasteiger partial charge is 0.242 e. The summed E-state index contributed by atoms with van der Waals surface area (Å²) in [6.07, 6.45) is 3.51. The van der Waals surface area contributed by atoms with Gasteiger partial charge in [-0.2, -0.15) is 0 Å². The number of thiocarbonyl (C=S) groups is 1. The Morgan fingerprint density at radius 2 is 1.96 bits per heavy atom. The highest BCUT2D eigenvalue weighted by atomic mass is 32.1. The molecule has 2 rings (SSSR count). The van der Waals surface area contributed by atoms with E-state index in [-0.39, 0.29) is 12.5 Å². The monoisotopic (exact) mass is 349 g/mol. The molecule has 1 aromatic rings. The van der Waals surface area contributed by atoms with Crippen LogP contribution in [0.15, 0.2) is 24.3 Å². The fourth-order valence-corrected chi connectivity index (χ4v) is 2.72. The van der Waals surface area contributed by atoms with Crippen molar-refractivity contribution in [3.8, 4) is 0 Å². The third-order valence-electron chi connectivity index (χ3n) is 4.11. The van der Waals surface area contributed by atoms with Crippen molar-refractivity contribution in [3.63, 3.8) is 0 Å². The van der Waals surface area contributed by atoms with Gasteiger partial charge in [-0.15, -0.1) is 0 Å². The maximum Gasteiger partial charge on any atom is 0.242 e. The van der Waals surface area contributed by atoms with Gasteiger partial charge in [0.2, 0.25) is 5.91 Å². The molecular formula is C18H27N3O2S. The molecule has 1 saturated heterocycles. The molecule has 6 heteroatoms. The van der Waals surface area contributed by atoms with Crippen LogP contribution in [0.2, 0.25) is 0 Å². The summed E-state index contributed by atoms with van der Waals surface area (Å²) >= 11 is 5.40. The van der Waals surface area contributed by atoms with Gasteiger partial charge in [-0.05, 0) is 42.8 Å². The number of anilines is 1. The quantitative estimate of drug-likeness (QED) is 0.800. The number of likely N-dealkylation sites (N-methyl/N-ethyl adjacent to an activating group) is 1. The number of rotatable bonds is 6. The number of benzene rings is 1. The summed E-state index contributed by atoms with van der Waals surface area (Å²) in [5.74, 6) is 0.0832. The van der Waals surface area contributed by atoms with Crippen molar-refractivity contribution in [3.05, 3.63) is 29.8 Å². The van der Waals surface area contributed by atoms with Crippen LogP contribution >= 0.6 is 12.2 Å². The van der Waals surface area contributed by atoms with Gasteiger partial charge < -0.3 is 19.9 Å². The first kappa shape index (κ1) is 18.7. The largest absolute Gasteiger partial charge is 0.378 e. The van der Waals surface area contributed by atoms with Crippen molar-refractivity contribution >= 4 is 28.9 Å². The van der Waals surface area contributed by atoms with E-state index in [2.05, 4.69) is 24.4 Å². The molecule has 1 amide bonds. The highest BCUT2D eigenvalue weighted by molar-refractivity contribution is 7.80. The lowest BCUT2D eigenvalue weighted by Crippen LogP contribution is -2.46. The van der Waals surface area contributed by atoms with Crippen LogP contribution in [-0.2, 0) is 16.0 Å². The highest BCUT2D eigenvalue weighted by Crippen LogP contribution is 2.12. The number of nitrogens with zero attached hydrogens (tertiary/aromatic N) is 2. The molecule has 1 aliphatic rings. The maximum atomic E-state index is 12.3. The minimum atomic E-state index is 0.0832. The standard InChI is InChI=1S/C18H27N3O2S/c1-3-4-5-15-6-8-16(9-7-15)19-18(24)20(2)14-17(22)21-10-12-23-13-11-21/h6-9H,3-5,10-14H2,1-2H3,(H,19,24). The van der Waals surface area contributed by atoms with Crippen molar-refractivity contribution in [1.29, 1.82) is 0 Å². The molecule has 1 aliphatic heterocycles. The van der Waals surface area contributed by atoms with E-state index in [1.807, 2.05) is 24.1 Å². The first-order valence-corrected chi connectivity index (χ1v) is 8.97. The summed E-state index contributed by atoms with van der Waals surface area (Å²) < 4.78 is 5.27. The van der Waals surface area contributed by atoms with E-state index >= 15 is 0 Å². The third-order valence-corrected chi connectivity index (χ3v) is 4.52. The third kappa shape index (κ3) is 5.76. The van der Waals surface area contributed by atoms with Crippen LogP contribution in [0.5, 0.6) is 0 Å². The average molecular weight is 350 g/mol. The van der Waals surface area contributed by atoms with Gasteiger partial charge in [0.25, 0.3) is 0 Å². The van der Waals surface area contributed by atoms with Crippen LogP contribution < -0.4 is 5.32 Å². The molecule has 5 nitrogen and oxygen atoms in total. The van der Waals surface area contributed by atoms with Gasteiger partial charge in [-0.3, -0.25) is 4.79 Å². The molecule has 0 bridgehead atoms. The first-order chi connectivity index (χ1) is 11.6. The molecular weight excluding hydrogens is 322 g/mol. The Hall–Kier alpha value is -1.66. The van der Waals surface area contributed by atoms with Crippen LogP contribution in [0, 0.1) is 0 Å². The normalized spacial score (nSPS) is 14.3. The number of ether oxygens (including phenoxy) is 1. The lowest BCUT2D eigenvalue weighted by atomic mass is 10.1. The van der Waals surface area contributed by atoms with E-state index in [1.165, 1.54) is 18.4 Å². The number of hydrogen-bond donors (Lipinski definition) is 1. The Morgan fingerprint density at radius 3 is 2.58 bits per heavy atom. The predicted octanol–water partition coefficient (Wildman–Crippen LogP) is 2.52. The van der Waals surface area contributed by atoms with Gasteiger partial charge >= 0.3 is 0 Å². The number of carbonyl (C=O) groups is 1. The molecule has 0 spiro atoms. The van der Waals surface area contributed by atoms with Crippen LogP contribution in [0.25, 0.3) is 0 Å². The number of hydrogen-bond acceptors (Lipinski definition) is 3. The summed E-state index contributed by atoms with van der Waals surface area (Å²) in [7, 11) is 1.84. The maximum absolute atomic E-state index is 12.3. The molecule has 0 unspecified atom stereocenters. The fraction of sp³-hybridized carbons (Fsp3) is 0.556. The van der Waals surface area contributed by atoms with Gasteiger partial charge in [-0.1, -0.05) is 25.5 Å². The summed E-state index contributed by atoms with van der Waals surface area (Å²) in [6, 6.07) is 8.32. The van der Waals surface area contributed by atoms with E-state index in [0.717, 1.165) is 12.1 Å². The van der Waals surface area contributed by atoms with Gasteiger partial charge in [0.15, 0.2) is 5.11 Å². The first-order valence-electron chi connectivity index (χ1n) is 8.56. The van der Waals surface area contributed by atoms with Crippen LogP contribution in [0.1, 0.15) is 25.3 Å². The van der Waals surface area contributed by atoms with Crippen molar-refractivity contribution in [2.45, 2.75) is 26.2 Å². The van der Waals surface area contributed by atoms with E-state index < -0.39 is 0 Å². The molecule has 0 aromatic heterocycles. The summed E-state index contributed by atoms with van der Waals surface area (Å²) in [5, 5.41) is 3.75. The van der Waals surface area contributed by atoms with Crippen molar-refractivity contribution < 1.29 is 9.53 Å². The lowest BCUT2D eigenvalue weighted by Gasteiger charge is -2.29. The van der Waals surface area contributed by atoms with E-state index in [4.69, 9.17) is 17.0 Å². The summed E-state index contributed by atoms with van der Waals surface area (Å²) in [4.78, 5) is 15.9. The number of aryl methyl sites for hydroxylation is 1. The van der Waals surface area contributed by atoms with Gasteiger partial charge in [0.05, 0.1) is 19.8 Å². The number of amides is 1. The SMILES string of the molecule is CCCCc1ccc(NC(=S)N(C)CC(=O)N2CCOCC2)cc1. The number of morpholine rings is 1. The Labute approximate surface area is 150 Å². The number of carbonyl (C=O) groups excluding carboxylic acids is 1. The molecule has 0 saturated carbocycles. The topological polar surface area (TPSA) is 44.8 Å². The molecule has 0 atom stereocenters. The summed E-state index contributed by atoms with van der Waals surface area (Å²) in [6.45, 7) is 5.02. The van der Waals surface area contributed by atoms with Gasteiger partial charge in [-0.25, -0.2) is 0 Å². The average Bonchev–Trinajstić information content (AvgIpc) is 2.61. The Morgan fingerprint density at radius 1 is 1.29 bits per heavy atom. The van der Waals surface area contributed by atoms with Gasteiger partial charge in [0.1, 0.15) is 0 Å². The Kier molecular flexibility index (Phi) is 7.46. The van der Waals surface area contributed by atoms with Crippen molar-refractivity contribution in [2.24, 2.45) is 0 Å². The van der Waals surface area contributed by atoms with Gasteiger partial charge in [0, 0.05) is 25.8 Å².